The number of benzene rings is 1. The monoisotopic (exact) mass is 259 g/mol. The third-order valence-electron chi connectivity index (χ3n) is 2.04. The van der Waals surface area contributed by atoms with E-state index in [9.17, 15) is 4.39 Å². The molecule has 6 heteroatoms. The molecule has 0 unspecified atom stereocenters. The summed E-state index contributed by atoms with van der Waals surface area (Å²) in [5.74, 6) is -0.0233. The summed E-state index contributed by atoms with van der Waals surface area (Å²) in [4.78, 5) is 7.83. The van der Waals surface area contributed by atoms with Gasteiger partial charge in [-0.3, -0.25) is 0 Å². The first-order chi connectivity index (χ1) is 7.61. The third kappa shape index (κ3) is 2.03. The van der Waals surface area contributed by atoms with E-state index in [-0.39, 0.29) is 10.8 Å². The van der Waals surface area contributed by atoms with Crippen LogP contribution in [0.15, 0.2) is 12.1 Å². The summed E-state index contributed by atoms with van der Waals surface area (Å²) in [6.45, 7) is 2.55. The fourth-order valence-corrected chi connectivity index (χ4v) is 1.81. The topological polar surface area (TPSA) is 37.8 Å². The van der Waals surface area contributed by atoms with Crippen LogP contribution in [0.2, 0.25) is 10.3 Å². The summed E-state index contributed by atoms with van der Waals surface area (Å²) in [5.41, 5.74) is 0.167. The maximum atomic E-state index is 13.6. The minimum atomic E-state index is -0.508. The summed E-state index contributed by atoms with van der Waals surface area (Å²) in [6, 6.07) is 2.80. The van der Waals surface area contributed by atoms with Crippen molar-refractivity contribution in [3.05, 3.63) is 28.3 Å². The summed E-state index contributed by atoms with van der Waals surface area (Å²) < 4.78 is 13.6. The average Bonchev–Trinajstić information content (AvgIpc) is 2.20. The van der Waals surface area contributed by atoms with Gasteiger partial charge in [0.2, 0.25) is 5.28 Å². The molecule has 1 N–H and O–H groups in total. The van der Waals surface area contributed by atoms with Gasteiger partial charge in [0.15, 0.2) is 5.82 Å². The predicted molar refractivity (Wildman–Crippen MR) is 63.7 cm³/mol. The van der Waals surface area contributed by atoms with Gasteiger partial charge in [0.05, 0.1) is 0 Å². The second-order valence-corrected chi connectivity index (χ2v) is 3.93. The van der Waals surface area contributed by atoms with Crippen LogP contribution < -0.4 is 5.32 Å². The van der Waals surface area contributed by atoms with Gasteiger partial charge in [-0.05, 0) is 30.7 Å². The molecule has 0 amide bonds. The molecule has 0 saturated heterocycles. The van der Waals surface area contributed by atoms with E-state index in [4.69, 9.17) is 23.2 Å². The van der Waals surface area contributed by atoms with Gasteiger partial charge in [-0.1, -0.05) is 11.6 Å². The maximum Gasteiger partial charge on any atom is 0.225 e. The summed E-state index contributed by atoms with van der Waals surface area (Å²) in [5, 5.41) is 3.81. The number of nitrogens with zero attached hydrogens (tertiary/aromatic N) is 2. The van der Waals surface area contributed by atoms with Gasteiger partial charge in [-0.15, -0.1) is 0 Å². The standard InChI is InChI=1S/C10H8Cl2FN3/c1-2-14-9-6-3-5(11)4-7(13)8(6)15-10(12)16-9/h3-4H,2H2,1H3,(H,14,15,16). The quantitative estimate of drug-likeness (QED) is 0.839. The van der Waals surface area contributed by atoms with Crippen molar-refractivity contribution in [3.63, 3.8) is 0 Å². The largest absolute Gasteiger partial charge is 0.370 e. The molecule has 1 heterocycles. The molecule has 0 atom stereocenters. The number of hydrogen-bond donors (Lipinski definition) is 1. The second-order valence-electron chi connectivity index (χ2n) is 3.16. The Bertz CT molecular complexity index is 545. The van der Waals surface area contributed by atoms with Crippen molar-refractivity contribution in [2.75, 3.05) is 11.9 Å². The Morgan fingerprint density at radius 3 is 2.75 bits per heavy atom. The van der Waals surface area contributed by atoms with E-state index in [2.05, 4.69) is 15.3 Å². The maximum absolute atomic E-state index is 13.6. The first-order valence-electron chi connectivity index (χ1n) is 4.68. The minimum absolute atomic E-state index is 0.00433. The minimum Gasteiger partial charge on any atom is -0.370 e. The van der Waals surface area contributed by atoms with E-state index in [0.717, 1.165) is 0 Å². The molecule has 0 saturated carbocycles. The van der Waals surface area contributed by atoms with Crippen LogP contribution in [0.1, 0.15) is 6.92 Å². The Labute approximate surface area is 102 Å². The lowest BCUT2D eigenvalue weighted by molar-refractivity contribution is 0.636. The molecule has 0 aliphatic heterocycles. The summed E-state index contributed by atoms with van der Waals surface area (Å²) in [6.07, 6.45) is 0. The average molecular weight is 260 g/mol. The van der Waals surface area contributed by atoms with E-state index in [1.165, 1.54) is 6.07 Å². The summed E-state index contributed by atoms with van der Waals surface area (Å²) in [7, 11) is 0. The molecule has 84 valence electrons. The van der Waals surface area contributed by atoms with Crippen LogP contribution in [-0.4, -0.2) is 16.5 Å². The molecular formula is C10H8Cl2FN3. The van der Waals surface area contributed by atoms with Crippen molar-refractivity contribution in [2.24, 2.45) is 0 Å². The molecular weight excluding hydrogens is 252 g/mol. The lowest BCUT2D eigenvalue weighted by atomic mass is 10.2. The first kappa shape index (κ1) is 11.4. The number of anilines is 1. The van der Waals surface area contributed by atoms with Crippen molar-refractivity contribution in [2.45, 2.75) is 6.92 Å². The Balaban J connectivity index is 2.78. The molecule has 1 aromatic carbocycles. The van der Waals surface area contributed by atoms with E-state index in [1.54, 1.807) is 6.07 Å². The van der Waals surface area contributed by atoms with Gasteiger partial charge in [0.1, 0.15) is 11.3 Å². The lowest BCUT2D eigenvalue weighted by Gasteiger charge is -2.07. The van der Waals surface area contributed by atoms with Crippen LogP contribution in [-0.2, 0) is 0 Å². The summed E-state index contributed by atoms with van der Waals surface area (Å²) >= 11 is 11.5. The third-order valence-corrected chi connectivity index (χ3v) is 2.42. The Hall–Kier alpha value is -1.13. The van der Waals surface area contributed by atoms with Gasteiger partial charge in [-0.25, -0.2) is 14.4 Å². The highest BCUT2D eigenvalue weighted by Gasteiger charge is 2.11. The normalized spacial score (nSPS) is 10.8. The molecule has 2 aromatic rings. The van der Waals surface area contributed by atoms with Crippen molar-refractivity contribution in [1.29, 1.82) is 0 Å². The number of rotatable bonds is 2. The van der Waals surface area contributed by atoms with Gasteiger partial charge >= 0.3 is 0 Å². The van der Waals surface area contributed by atoms with Crippen molar-refractivity contribution < 1.29 is 4.39 Å². The lowest BCUT2D eigenvalue weighted by Crippen LogP contribution is -2.02. The zero-order valence-corrected chi connectivity index (χ0v) is 9.90. The molecule has 3 nitrogen and oxygen atoms in total. The molecule has 0 aliphatic carbocycles. The second kappa shape index (κ2) is 4.39. The Morgan fingerprint density at radius 1 is 1.31 bits per heavy atom. The highest BCUT2D eigenvalue weighted by Crippen LogP contribution is 2.27. The fraction of sp³-hybridized carbons (Fsp3) is 0.200. The molecule has 0 radical (unpaired) electrons. The fourth-order valence-electron chi connectivity index (χ4n) is 1.43. The first-order valence-corrected chi connectivity index (χ1v) is 5.43. The van der Waals surface area contributed by atoms with Crippen LogP contribution in [0.5, 0.6) is 0 Å². The SMILES string of the molecule is CCNc1nc(Cl)nc2c(F)cc(Cl)cc12. The molecule has 0 fully saturated rings. The highest BCUT2D eigenvalue weighted by atomic mass is 35.5. The molecule has 0 aliphatic rings. The van der Waals surface area contributed by atoms with Crippen molar-refractivity contribution in [3.8, 4) is 0 Å². The zero-order valence-electron chi connectivity index (χ0n) is 8.39. The molecule has 16 heavy (non-hydrogen) atoms. The number of nitrogens with one attached hydrogen (secondary N) is 1. The molecule has 2 rings (SSSR count). The van der Waals surface area contributed by atoms with Crippen molar-refractivity contribution >= 4 is 39.9 Å². The smallest absolute Gasteiger partial charge is 0.225 e. The Morgan fingerprint density at radius 2 is 2.06 bits per heavy atom. The van der Waals surface area contributed by atoms with Crippen LogP contribution in [0.25, 0.3) is 10.9 Å². The predicted octanol–water partition coefficient (Wildman–Crippen LogP) is 3.51. The van der Waals surface area contributed by atoms with Gasteiger partial charge in [-0.2, -0.15) is 0 Å². The Kier molecular flexibility index (Phi) is 3.12. The van der Waals surface area contributed by atoms with E-state index in [1.807, 2.05) is 6.92 Å². The van der Waals surface area contributed by atoms with E-state index >= 15 is 0 Å². The molecule has 1 aromatic heterocycles. The van der Waals surface area contributed by atoms with Crippen LogP contribution in [0.4, 0.5) is 10.2 Å². The van der Waals surface area contributed by atoms with Crippen LogP contribution in [0.3, 0.4) is 0 Å². The molecule has 0 spiro atoms. The van der Waals surface area contributed by atoms with Crippen LogP contribution in [0, 0.1) is 5.82 Å². The molecule has 0 bridgehead atoms. The van der Waals surface area contributed by atoms with Gasteiger partial charge < -0.3 is 5.32 Å². The number of halogens is 3. The van der Waals surface area contributed by atoms with E-state index in [0.29, 0.717) is 22.8 Å². The van der Waals surface area contributed by atoms with E-state index < -0.39 is 5.82 Å². The van der Waals surface area contributed by atoms with Crippen molar-refractivity contribution in [1.82, 2.24) is 9.97 Å². The number of aromatic nitrogens is 2. The zero-order chi connectivity index (χ0) is 11.7. The number of hydrogen-bond acceptors (Lipinski definition) is 3. The van der Waals surface area contributed by atoms with Crippen LogP contribution >= 0.6 is 23.2 Å². The number of fused-ring (bicyclic) bond motifs is 1. The van der Waals surface area contributed by atoms with Gasteiger partial charge in [0.25, 0.3) is 0 Å². The highest BCUT2D eigenvalue weighted by molar-refractivity contribution is 6.31. The van der Waals surface area contributed by atoms with Gasteiger partial charge in [0, 0.05) is 17.0 Å².